The predicted molar refractivity (Wildman–Crippen MR) is 136 cm³/mol. The van der Waals surface area contributed by atoms with E-state index in [1.54, 1.807) is 42.5 Å². The van der Waals surface area contributed by atoms with Crippen molar-refractivity contribution in [2.24, 2.45) is 0 Å². The minimum Gasteiger partial charge on any atom is -0.270 e. The molecule has 0 heterocycles. The Bertz CT molecular complexity index is 1090. The summed E-state index contributed by atoms with van der Waals surface area (Å²) in [5.74, 6) is 0. The molecule has 2 rings (SSSR count). The third-order valence-corrected chi connectivity index (χ3v) is 8.91. The molecule has 0 amide bonds. The van der Waals surface area contributed by atoms with Crippen LogP contribution in [-0.2, 0) is 35.0 Å². The molecule has 0 saturated heterocycles. The first kappa shape index (κ1) is 28.5. The fourth-order valence-corrected chi connectivity index (χ4v) is 6.72. The zero-order chi connectivity index (χ0) is 25.0. The molecule has 0 spiro atoms. The maximum absolute atomic E-state index is 12.9. The van der Waals surface area contributed by atoms with E-state index in [4.69, 9.17) is 8.37 Å². The smallest absolute Gasteiger partial charge is 0.270 e. The highest BCUT2D eigenvalue weighted by Gasteiger charge is 2.33. The number of rotatable bonds is 16. The van der Waals surface area contributed by atoms with Gasteiger partial charge in [-0.3, -0.25) is 8.37 Å². The van der Waals surface area contributed by atoms with Crippen LogP contribution in [0.3, 0.4) is 0 Å². The lowest BCUT2D eigenvalue weighted by atomic mass is 10.00. The van der Waals surface area contributed by atoms with Gasteiger partial charge >= 0.3 is 0 Å². The van der Waals surface area contributed by atoms with Gasteiger partial charge in [0.05, 0.1) is 14.2 Å². The van der Waals surface area contributed by atoms with Gasteiger partial charge in [0, 0.05) is 5.56 Å². The molecule has 6 nitrogen and oxygen atoms in total. The summed E-state index contributed by atoms with van der Waals surface area (Å²) in [7, 11) is -6.57. The average Bonchev–Trinajstić information content (AvgIpc) is 2.85. The first-order valence-corrected chi connectivity index (χ1v) is 14.9. The Balaban J connectivity index is 2.26. The lowest BCUT2D eigenvalue weighted by Crippen LogP contribution is -2.16. The molecule has 0 N–H and O–H groups in total. The van der Waals surface area contributed by atoms with Gasteiger partial charge in [-0.1, -0.05) is 107 Å². The van der Waals surface area contributed by atoms with Gasteiger partial charge < -0.3 is 0 Å². The van der Waals surface area contributed by atoms with Gasteiger partial charge in [-0.25, -0.2) is 0 Å². The summed E-state index contributed by atoms with van der Waals surface area (Å²) in [5, 5.41) is 0. The van der Waals surface area contributed by atoms with Gasteiger partial charge in [-0.2, -0.15) is 16.8 Å². The van der Waals surface area contributed by atoms with E-state index in [9.17, 15) is 16.8 Å². The van der Waals surface area contributed by atoms with E-state index in [-0.39, 0.29) is 15.4 Å². The molecule has 0 unspecified atom stereocenters. The Hall–Kier alpha value is -1.74. The maximum atomic E-state index is 12.9. The van der Waals surface area contributed by atoms with Crippen LogP contribution in [0.1, 0.15) is 76.7 Å². The molecule has 8 heteroatoms. The van der Waals surface area contributed by atoms with E-state index < -0.39 is 20.2 Å². The molecule has 0 radical (unpaired) electrons. The fraction of sp³-hybridized carbons (Fsp3) is 0.538. The van der Waals surface area contributed by atoms with E-state index in [0.29, 0.717) is 17.5 Å². The van der Waals surface area contributed by atoms with Crippen LogP contribution in [0, 0.1) is 0 Å². The highest BCUT2D eigenvalue weighted by Crippen LogP contribution is 2.37. The van der Waals surface area contributed by atoms with Crippen LogP contribution in [0.15, 0.2) is 52.3 Å². The fourth-order valence-electron chi connectivity index (χ4n) is 4.14. The van der Waals surface area contributed by atoms with Gasteiger partial charge in [-0.15, -0.1) is 0 Å². The molecule has 34 heavy (non-hydrogen) atoms. The van der Waals surface area contributed by atoms with Crippen molar-refractivity contribution in [2.75, 3.05) is 14.2 Å². The largest absolute Gasteiger partial charge is 0.298 e. The Morgan fingerprint density at radius 3 is 1.65 bits per heavy atom. The van der Waals surface area contributed by atoms with Gasteiger partial charge in [0.2, 0.25) is 0 Å². The van der Waals surface area contributed by atoms with Gasteiger partial charge in [-0.05, 0) is 24.0 Å². The third-order valence-electron chi connectivity index (χ3n) is 6.02. The van der Waals surface area contributed by atoms with Crippen LogP contribution < -0.4 is 0 Å². The van der Waals surface area contributed by atoms with Crippen LogP contribution in [0.25, 0.3) is 11.1 Å². The predicted octanol–water partition coefficient (Wildman–Crippen LogP) is 6.49. The molecule has 0 saturated carbocycles. The summed E-state index contributed by atoms with van der Waals surface area (Å²) in [6.07, 6.45) is 12.0. The zero-order valence-corrected chi connectivity index (χ0v) is 22.2. The Morgan fingerprint density at radius 2 is 1.12 bits per heavy atom. The molecular formula is C26H38O6S2. The second kappa shape index (κ2) is 14.0. The van der Waals surface area contributed by atoms with Gasteiger partial charge in [0.1, 0.15) is 9.79 Å². The maximum Gasteiger partial charge on any atom is 0.298 e. The van der Waals surface area contributed by atoms with Crippen LogP contribution >= 0.6 is 0 Å². The summed E-state index contributed by atoms with van der Waals surface area (Å²) in [6.45, 7) is 2.21. The topological polar surface area (TPSA) is 86.7 Å². The van der Waals surface area contributed by atoms with Crippen molar-refractivity contribution in [1.82, 2.24) is 0 Å². The van der Waals surface area contributed by atoms with E-state index in [0.717, 1.165) is 39.9 Å². The molecule has 0 bridgehead atoms. The van der Waals surface area contributed by atoms with E-state index >= 15 is 0 Å². The highest BCUT2D eigenvalue weighted by molar-refractivity contribution is 7.90. The summed E-state index contributed by atoms with van der Waals surface area (Å²) in [6, 6.07) is 12.1. The third kappa shape index (κ3) is 7.90. The first-order chi connectivity index (χ1) is 16.3. The summed E-state index contributed by atoms with van der Waals surface area (Å²) in [5.41, 5.74) is 1.28. The molecule has 0 aromatic heterocycles. The van der Waals surface area contributed by atoms with Crippen molar-refractivity contribution < 1.29 is 25.2 Å². The monoisotopic (exact) mass is 510 g/mol. The SMILES string of the molecule is CCCCCCCCCCCCc1ccc(-c2ccccc2)c(S(=O)(=O)OC)c1S(=O)(=O)OC. The van der Waals surface area contributed by atoms with E-state index in [2.05, 4.69) is 6.92 Å². The molecule has 0 aliphatic rings. The zero-order valence-electron chi connectivity index (χ0n) is 20.6. The standard InChI is InChI=1S/C26H38O6S2/c1-4-5-6-7-8-9-10-11-12-14-19-23-20-21-24(22-17-15-13-16-18-22)26(34(29,30)32-3)25(23)33(27,28)31-2/h13,15-18,20-21H,4-12,14,19H2,1-3H3. The van der Waals surface area contributed by atoms with Crippen LogP contribution in [0.2, 0.25) is 0 Å². The highest BCUT2D eigenvalue weighted by atomic mass is 32.2. The molecule has 0 fully saturated rings. The van der Waals surface area contributed by atoms with Crippen molar-refractivity contribution in [3.05, 3.63) is 48.0 Å². The van der Waals surface area contributed by atoms with Crippen LogP contribution in [-0.4, -0.2) is 31.1 Å². The second-order valence-corrected chi connectivity index (χ2v) is 11.8. The van der Waals surface area contributed by atoms with E-state index in [1.165, 1.54) is 38.5 Å². The number of aryl methyl sites for hydroxylation is 1. The van der Waals surface area contributed by atoms with Gasteiger partial charge in [0.25, 0.3) is 20.2 Å². The molecular weight excluding hydrogens is 472 g/mol. The number of hydrogen-bond donors (Lipinski definition) is 0. The Labute approximate surface area is 205 Å². The molecule has 190 valence electrons. The van der Waals surface area contributed by atoms with E-state index in [1.807, 2.05) is 0 Å². The summed E-state index contributed by atoms with van der Waals surface area (Å²) in [4.78, 5) is -0.693. The van der Waals surface area contributed by atoms with Crippen LogP contribution in [0.4, 0.5) is 0 Å². The quantitative estimate of drug-likeness (QED) is 0.190. The summed E-state index contributed by atoms with van der Waals surface area (Å²) < 4.78 is 61.3. The van der Waals surface area contributed by atoms with Crippen molar-refractivity contribution in [1.29, 1.82) is 0 Å². The Morgan fingerprint density at radius 1 is 0.618 bits per heavy atom. The molecule has 0 aliphatic carbocycles. The molecule has 0 atom stereocenters. The van der Waals surface area contributed by atoms with Crippen molar-refractivity contribution in [3.8, 4) is 11.1 Å². The lowest BCUT2D eigenvalue weighted by molar-refractivity contribution is 0.385. The number of benzene rings is 2. The van der Waals surface area contributed by atoms with Crippen molar-refractivity contribution in [2.45, 2.75) is 87.3 Å². The second-order valence-electron chi connectivity index (χ2n) is 8.47. The van der Waals surface area contributed by atoms with Crippen molar-refractivity contribution in [3.63, 3.8) is 0 Å². The normalized spacial score (nSPS) is 12.2. The molecule has 2 aromatic carbocycles. The first-order valence-electron chi connectivity index (χ1n) is 12.1. The summed E-state index contributed by atoms with van der Waals surface area (Å²) >= 11 is 0. The minimum absolute atomic E-state index is 0.268. The lowest BCUT2D eigenvalue weighted by Gasteiger charge is -2.18. The van der Waals surface area contributed by atoms with Crippen LogP contribution in [0.5, 0.6) is 0 Å². The number of hydrogen-bond acceptors (Lipinski definition) is 6. The number of unbranched alkanes of at least 4 members (excludes halogenated alkanes) is 9. The molecule has 0 aliphatic heterocycles. The minimum atomic E-state index is -4.33. The molecule has 2 aromatic rings. The Kier molecular flexibility index (Phi) is 11.7. The van der Waals surface area contributed by atoms with Gasteiger partial charge in [0.15, 0.2) is 0 Å². The van der Waals surface area contributed by atoms with Crippen molar-refractivity contribution >= 4 is 20.2 Å². The average molecular weight is 511 g/mol.